The van der Waals surface area contributed by atoms with Crippen molar-refractivity contribution in [3.63, 3.8) is 0 Å². The molecule has 1 unspecified atom stereocenters. The highest BCUT2D eigenvalue weighted by Crippen LogP contribution is 2.36. The van der Waals surface area contributed by atoms with E-state index >= 15 is 0 Å². The van der Waals surface area contributed by atoms with E-state index in [2.05, 4.69) is 15.2 Å². The summed E-state index contributed by atoms with van der Waals surface area (Å²) in [5.41, 5.74) is 0.881. The number of alkyl halides is 3. The van der Waals surface area contributed by atoms with Gasteiger partial charge >= 0.3 is 6.18 Å². The normalized spacial score (nSPS) is 16.9. The van der Waals surface area contributed by atoms with Gasteiger partial charge in [-0.25, -0.2) is 0 Å². The van der Waals surface area contributed by atoms with Crippen molar-refractivity contribution in [2.75, 3.05) is 6.54 Å². The summed E-state index contributed by atoms with van der Waals surface area (Å²) in [5, 5.41) is 7.13. The lowest BCUT2D eigenvalue weighted by atomic mass is 10.0. The second-order valence-electron chi connectivity index (χ2n) is 6.06. The van der Waals surface area contributed by atoms with Crippen LogP contribution in [0.25, 0.3) is 0 Å². The molecule has 27 heavy (non-hydrogen) atoms. The summed E-state index contributed by atoms with van der Waals surface area (Å²) in [5.74, 6) is -1.33. The molecular formula is C18H14F3N5O. The molecule has 138 valence electrons. The number of benzene rings is 1. The van der Waals surface area contributed by atoms with Crippen molar-refractivity contribution in [2.24, 2.45) is 0 Å². The zero-order chi connectivity index (χ0) is 19.0. The number of nitrogens with zero attached hydrogens (tertiary/aromatic N) is 5. The SMILES string of the molecule is O=C(c1ccccn1)N1CCn2c(nnc2C(F)(F)F)C1c1ccccc1. The van der Waals surface area contributed by atoms with E-state index in [0.717, 1.165) is 4.57 Å². The Labute approximate surface area is 152 Å². The van der Waals surface area contributed by atoms with Crippen LogP contribution in [0.2, 0.25) is 0 Å². The first-order valence-electron chi connectivity index (χ1n) is 8.24. The Morgan fingerprint density at radius 2 is 1.74 bits per heavy atom. The second-order valence-corrected chi connectivity index (χ2v) is 6.06. The van der Waals surface area contributed by atoms with Crippen molar-refractivity contribution in [3.8, 4) is 0 Å². The summed E-state index contributed by atoms with van der Waals surface area (Å²) < 4.78 is 40.8. The van der Waals surface area contributed by atoms with Crippen LogP contribution in [0.15, 0.2) is 54.7 Å². The lowest BCUT2D eigenvalue weighted by Gasteiger charge is -2.36. The minimum absolute atomic E-state index is 0.0426. The number of carbonyl (C=O) groups excluding carboxylic acids is 1. The topological polar surface area (TPSA) is 63.9 Å². The fourth-order valence-electron chi connectivity index (χ4n) is 3.24. The standard InChI is InChI=1S/C18H14F3N5O/c19-18(20,21)17-24-23-15-14(12-6-2-1-3-7-12)25(10-11-26(15)17)16(27)13-8-4-5-9-22-13/h1-9,14H,10-11H2. The number of halogens is 3. The lowest BCUT2D eigenvalue weighted by molar-refractivity contribution is -0.148. The summed E-state index contributed by atoms with van der Waals surface area (Å²) in [6, 6.07) is 13.0. The average Bonchev–Trinajstić information content (AvgIpc) is 3.12. The van der Waals surface area contributed by atoms with Gasteiger partial charge in [0.1, 0.15) is 11.7 Å². The van der Waals surface area contributed by atoms with E-state index in [1.807, 2.05) is 0 Å². The third kappa shape index (κ3) is 3.05. The Balaban J connectivity index is 1.82. The average molecular weight is 373 g/mol. The smallest absolute Gasteiger partial charge is 0.321 e. The Morgan fingerprint density at radius 1 is 1.00 bits per heavy atom. The molecule has 0 spiro atoms. The first-order valence-corrected chi connectivity index (χ1v) is 8.24. The van der Waals surface area contributed by atoms with E-state index in [9.17, 15) is 18.0 Å². The van der Waals surface area contributed by atoms with Gasteiger partial charge in [-0.1, -0.05) is 36.4 Å². The maximum Gasteiger partial charge on any atom is 0.451 e. The van der Waals surface area contributed by atoms with Crippen molar-refractivity contribution in [3.05, 3.63) is 77.6 Å². The van der Waals surface area contributed by atoms with Gasteiger partial charge in [0.05, 0.1) is 0 Å². The molecule has 0 saturated carbocycles. The van der Waals surface area contributed by atoms with Crippen molar-refractivity contribution in [1.29, 1.82) is 0 Å². The van der Waals surface area contributed by atoms with Crippen LogP contribution in [0.5, 0.6) is 0 Å². The van der Waals surface area contributed by atoms with Gasteiger partial charge in [-0.15, -0.1) is 10.2 Å². The number of hydrogen-bond donors (Lipinski definition) is 0. The predicted molar refractivity (Wildman–Crippen MR) is 88.6 cm³/mol. The van der Waals surface area contributed by atoms with Gasteiger partial charge in [0.15, 0.2) is 5.82 Å². The molecule has 3 aromatic rings. The van der Waals surface area contributed by atoms with Gasteiger partial charge in [-0.3, -0.25) is 9.78 Å². The quantitative estimate of drug-likeness (QED) is 0.693. The molecule has 1 aliphatic rings. The van der Waals surface area contributed by atoms with Gasteiger partial charge in [-0.2, -0.15) is 13.2 Å². The van der Waals surface area contributed by atoms with Crippen molar-refractivity contribution < 1.29 is 18.0 Å². The van der Waals surface area contributed by atoms with E-state index in [0.29, 0.717) is 5.56 Å². The number of amides is 1. The zero-order valence-corrected chi connectivity index (χ0v) is 14.0. The molecule has 0 radical (unpaired) electrons. The molecule has 0 aliphatic carbocycles. The molecule has 1 aromatic carbocycles. The Bertz CT molecular complexity index is 956. The van der Waals surface area contributed by atoms with Crippen LogP contribution < -0.4 is 0 Å². The van der Waals surface area contributed by atoms with Crippen molar-refractivity contribution in [2.45, 2.75) is 18.8 Å². The molecule has 0 N–H and O–H groups in total. The second kappa shape index (κ2) is 6.49. The molecule has 0 bridgehead atoms. The minimum atomic E-state index is -4.61. The van der Waals surface area contributed by atoms with E-state index in [1.54, 1.807) is 48.5 Å². The van der Waals surface area contributed by atoms with Crippen LogP contribution in [0.4, 0.5) is 13.2 Å². The number of carbonyl (C=O) groups is 1. The zero-order valence-electron chi connectivity index (χ0n) is 14.0. The van der Waals surface area contributed by atoms with Gasteiger partial charge < -0.3 is 9.47 Å². The minimum Gasteiger partial charge on any atom is -0.321 e. The summed E-state index contributed by atoms with van der Waals surface area (Å²) in [7, 11) is 0. The van der Waals surface area contributed by atoms with Crippen LogP contribution in [0.1, 0.15) is 33.7 Å². The largest absolute Gasteiger partial charge is 0.451 e. The predicted octanol–water partition coefficient (Wildman–Crippen LogP) is 2.94. The van der Waals surface area contributed by atoms with E-state index in [-0.39, 0.29) is 30.5 Å². The van der Waals surface area contributed by atoms with Crippen molar-refractivity contribution in [1.82, 2.24) is 24.6 Å². The van der Waals surface area contributed by atoms with Crippen LogP contribution in [-0.2, 0) is 12.7 Å². The third-order valence-corrected chi connectivity index (χ3v) is 4.41. The fourth-order valence-corrected chi connectivity index (χ4v) is 3.24. The maximum absolute atomic E-state index is 13.2. The molecule has 4 rings (SSSR count). The molecule has 1 aliphatic heterocycles. The molecule has 2 aromatic heterocycles. The Hall–Kier alpha value is -3.23. The Kier molecular flexibility index (Phi) is 4.14. The van der Waals surface area contributed by atoms with Gasteiger partial charge in [0.2, 0.25) is 5.82 Å². The first kappa shape index (κ1) is 17.2. The lowest BCUT2D eigenvalue weighted by Crippen LogP contribution is -2.43. The van der Waals surface area contributed by atoms with Gasteiger partial charge in [0, 0.05) is 19.3 Å². The van der Waals surface area contributed by atoms with Crippen LogP contribution >= 0.6 is 0 Å². The summed E-state index contributed by atoms with van der Waals surface area (Å²) in [4.78, 5) is 18.5. The monoisotopic (exact) mass is 373 g/mol. The number of fused-ring (bicyclic) bond motifs is 1. The van der Waals surface area contributed by atoms with E-state index in [4.69, 9.17) is 0 Å². The van der Waals surface area contributed by atoms with Gasteiger partial charge in [0.25, 0.3) is 5.91 Å². The van der Waals surface area contributed by atoms with E-state index in [1.165, 1.54) is 11.1 Å². The number of aromatic nitrogens is 4. The highest BCUT2D eigenvalue weighted by Gasteiger charge is 2.43. The molecule has 0 saturated heterocycles. The molecule has 6 nitrogen and oxygen atoms in total. The molecule has 3 heterocycles. The summed E-state index contributed by atoms with van der Waals surface area (Å²) in [6.07, 6.45) is -3.11. The third-order valence-electron chi connectivity index (χ3n) is 4.41. The first-order chi connectivity index (χ1) is 13.0. The van der Waals surface area contributed by atoms with Crippen molar-refractivity contribution >= 4 is 5.91 Å². The molecule has 0 fully saturated rings. The number of rotatable bonds is 2. The Morgan fingerprint density at radius 3 is 2.41 bits per heavy atom. The van der Waals surface area contributed by atoms with Gasteiger partial charge in [-0.05, 0) is 17.7 Å². The molecular weight excluding hydrogens is 359 g/mol. The van der Waals surface area contributed by atoms with Crippen LogP contribution in [-0.4, -0.2) is 37.1 Å². The highest BCUT2D eigenvalue weighted by atomic mass is 19.4. The van der Waals surface area contributed by atoms with Crippen LogP contribution in [0, 0.1) is 0 Å². The number of pyridine rings is 1. The molecule has 1 atom stereocenters. The summed E-state index contributed by atoms with van der Waals surface area (Å²) in [6.45, 7) is 0.0438. The van der Waals surface area contributed by atoms with E-state index < -0.39 is 18.0 Å². The molecule has 9 heteroatoms. The number of hydrogen-bond acceptors (Lipinski definition) is 4. The fraction of sp³-hybridized carbons (Fsp3) is 0.222. The highest BCUT2D eigenvalue weighted by molar-refractivity contribution is 5.92. The summed E-state index contributed by atoms with van der Waals surface area (Å²) >= 11 is 0. The maximum atomic E-state index is 13.2. The van der Waals surface area contributed by atoms with Crippen LogP contribution in [0.3, 0.4) is 0 Å². The molecule has 1 amide bonds.